The monoisotopic (exact) mass is 193 g/mol. The fourth-order valence-corrected chi connectivity index (χ4v) is 1.56. The van der Waals surface area contributed by atoms with Crippen LogP contribution in [-0.2, 0) is 16.8 Å². The molecule has 0 aromatic carbocycles. The van der Waals surface area contributed by atoms with E-state index in [0.717, 1.165) is 19.4 Å². The van der Waals surface area contributed by atoms with Gasteiger partial charge in [-0.2, -0.15) is 10.2 Å². The summed E-state index contributed by atoms with van der Waals surface area (Å²) in [6, 6.07) is 1.96. The van der Waals surface area contributed by atoms with Gasteiger partial charge in [0.25, 0.3) is 0 Å². The predicted octanol–water partition coefficient (Wildman–Crippen LogP) is 1.16. The van der Waals surface area contributed by atoms with Crippen LogP contribution in [0.3, 0.4) is 0 Å². The summed E-state index contributed by atoms with van der Waals surface area (Å²) >= 11 is 0. The zero-order valence-electron chi connectivity index (χ0n) is 7.99. The molecule has 0 amide bonds. The van der Waals surface area contributed by atoms with Crippen LogP contribution >= 0.6 is 0 Å². The minimum atomic E-state index is -0.419. The molecule has 0 saturated carbocycles. The summed E-state index contributed by atoms with van der Waals surface area (Å²) in [4.78, 5) is 4.13. The maximum Gasteiger partial charge on any atom is 0.240 e. The van der Waals surface area contributed by atoms with E-state index in [-0.39, 0.29) is 6.42 Å². The smallest absolute Gasteiger partial charge is 0.240 e. The minimum Gasteiger partial charge on any atom is -0.367 e. The average Bonchev–Trinajstić information content (AvgIpc) is 2.75. The third kappa shape index (κ3) is 1.49. The second-order valence-corrected chi connectivity index (χ2v) is 3.53. The van der Waals surface area contributed by atoms with Gasteiger partial charge in [-0.25, -0.2) is 0 Å². The third-order valence-corrected chi connectivity index (χ3v) is 2.39. The van der Waals surface area contributed by atoms with Crippen molar-refractivity contribution in [1.29, 1.82) is 5.26 Å². The van der Waals surface area contributed by atoms with Crippen molar-refractivity contribution in [3.8, 4) is 6.07 Å². The lowest BCUT2D eigenvalue weighted by Gasteiger charge is -2.17. The Bertz CT molecular complexity index is 360. The highest BCUT2D eigenvalue weighted by molar-refractivity contribution is 5.03. The molecule has 1 unspecified atom stereocenters. The molecule has 2 rings (SSSR count). The van der Waals surface area contributed by atoms with E-state index >= 15 is 0 Å². The van der Waals surface area contributed by atoms with E-state index in [1.54, 1.807) is 0 Å². The molecule has 0 N–H and O–H groups in total. The van der Waals surface area contributed by atoms with Crippen molar-refractivity contribution in [2.45, 2.75) is 31.8 Å². The van der Waals surface area contributed by atoms with Gasteiger partial charge in [-0.15, -0.1) is 0 Å². The summed E-state index contributed by atoms with van der Waals surface area (Å²) in [6.45, 7) is 2.68. The third-order valence-electron chi connectivity index (χ3n) is 2.39. The van der Waals surface area contributed by atoms with E-state index in [1.165, 1.54) is 0 Å². The largest absolute Gasteiger partial charge is 0.367 e. The SMILES string of the molecule is CC1(c2noc(CC#N)n2)CCCO1. The van der Waals surface area contributed by atoms with E-state index in [2.05, 4.69) is 10.1 Å². The number of ether oxygens (including phenoxy) is 1. The van der Waals surface area contributed by atoms with Crippen LogP contribution in [0.1, 0.15) is 31.5 Å². The predicted molar refractivity (Wildman–Crippen MR) is 46.2 cm³/mol. The summed E-state index contributed by atoms with van der Waals surface area (Å²) < 4.78 is 10.5. The van der Waals surface area contributed by atoms with E-state index in [4.69, 9.17) is 14.5 Å². The topological polar surface area (TPSA) is 71.9 Å². The summed E-state index contributed by atoms with van der Waals surface area (Å²) in [6.07, 6.45) is 2.07. The molecule has 1 aromatic rings. The van der Waals surface area contributed by atoms with Gasteiger partial charge in [0.1, 0.15) is 12.0 Å². The van der Waals surface area contributed by atoms with Gasteiger partial charge in [-0.1, -0.05) is 5.16 Å². The van der Waals surface area contributed by atoms with Gasteiger partial charge in [0, 0.05) is 6.61 Å². The second kappa shape index (κ2) is 3.39. The lowest BCUT2D eigenvalue weighted by atomic mass is 10.0. The minimum absolute atomic E-state index is 0.156. The molecule has 1 atom stereocenters. The fourth-order valence-electron chi connectivity index (χ4n) is 1.56. The van der Waals surface area contributed by atoms with Gasteiger partial charge in [0.2, 0.25) is 11.7 Å². The highest BCUT2D eigenvalue weighted by Crippen LogP contribution is 2.33. The Morgan fingerprint density at radius 3 is 3.14 bits per heavy atom. The van der Waals surface area contributed by atoms with Crippen molar-refractivity contribution in [3.05, 3.63) is 11.7 Å². The fraction of sp³-hybridized carbons (Fsp3) is 0.667. The van der Waals surface area contributed by atoms with E-state index in [0.29, 0.717) is 11.7 Å². The van der Waals surface area contributed by atoms with Gasteiger partial charge in [-0.05, 0) is 19.8 Å². The number of aromatic nitrogens is 2. The first-order valence-electron chi connectivity index (χ1n) is 4.58. The summed E-state index contributed by atoms with van der Waals surface area (Å²) in [5.74, 6) is 0.916. The first-order valence-corrected chi connectivity index (χ1v) is 4.58. The molecule has 0 spiro atoms. The number of nitrogens with zero attached hydrogens (tertiary/aromatic N) is 3. The summed E-state index contributed by atoms with van der Waals surface area (Å²) in [5, 5.41) is 12.3. The van der Waals surface area contributed by atoms with Crippen LogP contribution in [0.4, 0.5) is 0 Å². The van der Waals surface area contributed by atoms with Crippen LogP contribution in [0.5, 0.6) is 0 Å². The molecule has 2 heterocycles. The number of nitriles is 1. The van der Waals surface area contributed by atoms with Gasteiger partial charge in [0.15, 0.2) is 0 Å². The maximum absolute atomic E-state index is 8.45. The molecule has 0 aliphatic carbocycles. The Hall–Kier alpha value is -1.41. The van der Waals surface area contributed by atoms with Crippen molar-refractivity contribution in [2.75, 3.05) is 6.61 Å². The molecule has 0 radical (unpaired) electrons. The van der Waals surface area contributed by atoms with Gasteiger partial charge in [0.05, 0.1) is 6.07 Å². The van der Waals surface area contributed by atoms with Crippen molar-refractivity contribution >= 4 is 0 Å². The zero-order valence-corrected chi connectivity index (χ0v) is 7.99. The van der Waals surface area contributed by atoms with Crippen molar-refractivity contribution in [3.63, 3.8) is 0 Å². The zero-order chi connectivity index (χ0) is 10.0. The van der Waals surface area contributed by atoms with Crippen LogP contribution in [0.2, 0.25) is 0 Å². The molecular weight excluding hydrogens is 182 g/mol. The molecule has 74 valence electrons. The highest BCUT2D eigenvalue weighted by atomic mass is 16.5. The molecule has 1 aliphatic rings. The quantitative estimate of drug-likeness (QED) is 0.704. The van der Waals surface area contributed by atoms with Crippen LogP contribution in [0.25, 0.3) is 0 Å². The van der Waals surface area contributed by atoms with Crippen molar-refractivity contribution in [2.24, 2.45) is 0 Å². The van der Waals surface area contributed by atoms with Crippen LogP contribution in [0.15, 0.2) is 4.52 Å². The van der Waals surface area contributed by atoms with E-state index in [9.17, 15) is 0 Å². The molecule has 0 bridgehead atoms. The number of rotatable bonds is 2. The van der Waals surface area contributed by atoms with Crippen LogP contribution in [0, 0.1) is 11.3 Å². The molecule has 14 heavy (non-hydrogen) atoms. The Morgan fingerprint density at radius 1 is 1.64 bits per heavy atom. The van der Waals surface area contributed by atoms with Gasteiger partial charge in [-0.3, -0.25) is 0 Å². The Balaban J connectivity index is 2.20. The highest BCUT2D eigenvalue weighted by Gasteiger charge is 2.36. The number of hydrogen-bond donors (Lipinski definition) is 0. The average molecular weight is 193 g/mol. The number of hydrogen-bond acceptors (Lipinski definition) is 5. The summed E-state index contributed by atoms with van der Waals surface area (Å²) in [5.41, 5.74) is -0.419. The molecule has 5 nitrogen and oxygen atoms in total. The van der Waals surface area contributed by atoms with Crippen molar-refractivity contribution < 1.29 is 9.26 Å². The Kier molecular flexibility index (Phi) is 2.22. The summed E-state index contributed by atoms with van der Waals surface area (Å²) in [7, 11) is 0. The first kappa shape index (κ1) is 9.16. The first-order chi connectivity index (χ1) is 6.74. The van der Waals surface area contributed by atoms with E-state index in [1.807, 2.05) is 13.0 Å². The van der Waals surface area contributed by atoms with Crippen LogP contribution in [-0.4, -0.2) is 16.7 Å². The molecule has 1 fully saturated rings. The normalized spacial score (nSPS) is 26.3. The maximum atomic E-state index is 8.45. The Labute approximate surface area is 81.7 Å². The molecule has 1 aromatic heterocycles. The molecule has 1 aliphatic heterocycles. The standard InChI is InChI=1S/C9H11N3O2/c1-9(4-2-6-13-9)8-11-7(3-5-10)14-12-8/h2-4,6H2,1H3. The van der Waals surface area contributed by atoms with Gasteiger partial charge >= 0.3 is 0 Å². The Morgan fingerprint density at radius 2 is 2.50 bits per heavy atom. The lowest BCUT2D eigenvalue weighted by Crippen LogP contribution is -2.21. The molecule has 5 heteroatoms. The van der Waals surface area contributed by atoms with E-state index < -0.39 is 5.60 Å². The lowest BCUT2D eigenvalue weighted by molar-refractivity contribution is 0.00768. The van der Waals surface area contributed by atoms with Crippen molar-refractivity contribution in [1.82, 2.24) is 10.1 Å². The van der Waals surface area contributed by atoms with Crippen LogP contribution < -0.4 is 0 Å². The molecular formula is C9H11N3O2. The van der Waals surface area contributed by atoms with Gasteiger partial charge < -0.3 is 9.26 Å². The second-order valence-electron chi connectivity index (χ2n) is 3.53. The molecule has 1 saturated heterocycles.